The monoisotopic (exact) mass is 285 g/mol. The lowest BCUT2D eigenvalue weighted by Gasteiger charge is -2.10. The highest BCUT2D eigenvalue weighted by molar-refractivity contribution is 5.47. The number of phenolic OH excluding ortho intramolecular Hbond substituents is 1. The van der Waals surface area contributed by atoms with Crippen molar-refractivity contribution >= 4 is 5.69 Å². The number of benzene rings is 2. The molecule has 0 aliphatic carbocycles. The fourth-order valence-corrected chi connectivity index (χ4v) is 1.68. The van der Waals surface area contributed by atoms with Crippen LogP contribution in [-0.2, 0) is 12.7 Å². The molecule has 20 heavy (non-hydrogen) atoms. The van der Waals surface area contributed by atoms with Crippen LogP contribution in [0.5, 0.6) is 5.75 Å². The fraction of sp³-hybridized carbons (Fsp3) is 0.143. The van der Waals surface area contributed by atoms with Crippen LogP contribution >= 0.6 is 0 Å². The summed E-state index contributed by atoms with van der Waals surface area (Å²) in [4.78, 5) is 0. The highest BCUT2D eigenvalue weighted by atomic mass is 19.4. The zero-order chi connectivity index (χ0) is 14.8. The van der Waals surface area contributed by atoms with E-state index in [4.69, 9.17) is 5.11 Å². The summed E-state index contributed by atoms with van der Waals surface area (Å²) in [7, 11) is 0. The second-order valence-corrected chi connectivity index (χ2v) is 4.22. The van der Waals surface area contributed by atoms with E-state index in [0.717, 1.165) is 18.2 Å². The van der Waals surface area contributed by atoms with Gasteiger partial charge in [-0.05, 0) is 29.8 Å². The zero-order valence-electron chi connectivity index (χ0n) is 10.2. The molecule has 2 aromatic rings. The maximum Gasteiger partial charge on any atom is 0.416 e. The van der Waals surface area contributed by atoms with Gasteiger partial charge in [-0.15, -0.1) is 0 Å². The van der Waals surface area contributed by atoms with Crippen LogP contribution in [0.25, 0.3) is 0 Å². The average Bonchev–Trinajstić information content (AvgIpc) is 2.39. The van der Waals surface area contributed by atoms with E-state index in [-0.39, 0.29) is 6.54 Å². The van der Waals surface area contributed by atoms with Gasteiger partial charge >= 0.3 is 6.18 Å². The van der Waals surface area contributed by atoms with E-state index in [1.807, 2.05) is 0 Å². The van der Waals surface area contributed by atoms with Crippen molar-refractivity contribution in [2.45, 2.75) is 12.7 Å². The van der Waals surface area contributed by atoms with Gasteiger partial charge in [-0.25, -0.2) is 4.39 Å². The van der Waals surface area contributed by atoms with Gasteiger partial charge in [0.25, 0.3) is 0 Å². The van der Waals surface area contributed by atoms with E-state index >= 15 is 0 Å². The molecule has 0 atom stereocenters. The van der Waals surface area contributed by atoms with E-state index in [1.165, 1.54) is 18.2 Å². The van der Waals surface area contributed by atoms with E-state index in [0.29, 0.717) is 11.3 Å². The molecule has 2 N–H and O–H groups in total. The molecule has 0 aliphatic heterocycles. The summed E-state index contributed by atoms with van der Waals surface area (Å²) in [5.74, 6) is -1.27. The Labute approximate surface area is 112 Å². The van der Waals surface area contributed by atoms with Crippen molar-refractivity contribution in [3.05, 3.63) is 59.4 Å². The molecule has 2 aromatic carbocycles. The van der Waals surface area contributed by atoms with Crippen LogP contribution in [0.2, 0.25) is 0 Å². The minimum atomic E-state index is -4.39. The van der Waals surface area contributed by atoms with E-state index in [1.54, 1.807) is 6.07 Å². The number of aromatic hydroxyl groups is 1. The summed E-state index contributed by atoms with van der Waals surface area (Å²) < 4.78 is 50.7. The van der Waals surface area contributed by atoms with Crippen LogP contribution in [0.15, 0.2) is 42.5 Å². The van der Waals surface area contributed by atoms with E-state index in [9.17, 15) is 17.6 Å². The van der Waals surface area contributed by atoms with E-state index in [2.05, 4.69) is 5.32 Å². The number of rotatable bonds is 3. The first kappa shape index (κ1) is 14.2. The molecule has 0 saturated heterocycles. The third kappa shape index (κ3) is 3.40. The van der Waals surface area contributed by atoms with Crippen molar-refractivity contribution in [3.8, 4) is 5.75 Å². The zero-order valence-corrected chi connectivity index (χ0v) is 10.2. The van der Waals surface area contributed by atoms with Gasteiger partial charge in [-0.2, -0.15) is 13.2 Å². The Morgan fingerprint density at radius 1 is 1.05 bits per heavy atom. The van der Waals surface area contributed by atoms with Crippen LogP contribution in [0, 0.1) is 5.82 Å². The largest absolute Gasteiger partial charge is 0.505 e. The first-order valence-corrected chi connectivity index (χ1v) is 5.75. The van der Waals surface area contributed by atoms with Gasteiger partial charge in [0.05, 0.1) is 5.56 Å². The SMILES string of the molecule is Oc1ccc(NCc2cccc(C(F)(F)F)c2)cc1F. The lowest BCUT2D eigenvalue weighted by atomic mass is 10.1. The number of anilines is 1. The summed E-state index contributed by atoms with van der Waals surface area (Å²) in [6, 6.07) is 8.56. The molecule has 106 valence electrons. The van der Waals surface area contributed by atoms with Gasteiger partial charge in [0.2, 0.25) is 0 Å². The Bertz CT molecular complexity index is 610. The smallest absolute Gasteiger partial charge is 0.416 e. The number of nitrogens with one attached hydrogen (secondary N) is 1. The van der Waals surface area contributed by atoms with Crippen LogP contribution < -0.4 is 5.32 Å². The summed E-state index contributed by atoms with van der Waals surface area (Å²) in [5.41, 5.74) is 0.0692. The minimum absolute atomic E-state index is 0.119. The van der Waals surface area contributed by atoms with Gasteiger partial charge in [-0.1, -0.05) is 12.1 Å². The van der Waals surface area contributed by atoms with Gasteiger partial charge in [0, 0.05) is 18.3 Å². The van der Waals surface area contributed by atoms with Crippen molar-refractivity contribution in [3.63, 3.8) is 0 Å². The summed E-state index contributed by atoms with van der Waals surface area (Å²) >= 11 is 0. The third-order valence-corrected chi connectivity index (χ3v) is 2.70. The van der Waals surface area contributed by atoms with Gasteiger partial charge in [-0.3, -0.25) is 0 Å². The van der Waals surface area contributed by atoms with Gasteiger partial charge in [0.15, 0.2) is 11.6 Å². The molecule has 0 amide bonds. The highest BCUT2D eigenvalue weighted by Crippen LogP contribution is 2.29. The topological polar surface area (TPSA) is 32.3 Å². The number of phenols is 1. The van der Waals surface area contributed by atoms with Crippen molar-refractivity contribution in [1.29, 1.82) is 0 Å². The molecule has 0 saturated carbocycles. The molecule has 2 rings (SSSR count). The number of hydrogen-bond acceptors (Lipinski definition) is 2. The molecule has 0 aliphatic rings. The molecule has 6 heteroatoms. The van der Waals surface area contributed by atoms with E-state index < -0.39 is 23.3 Å². The molecule has 0 fully saturated rings. The number of halogens is 4. The molecule has 0 spiro atoms. The molecule has 0 heterocycles. The molecule has 0 bridgehead atoms. The predicted molar refractivity (Wildman–Crippen MR) is 66.8 cm³/mol. The normalized spacial score (nSPS) is 11.4. The van der Waals surface area contributed by atoms with Gasteiger partial charge < -0.3 is 10.4 Å². The molecule has 2 nitrogen and oxygen atoms in total. The van der Waals surface area contributed by atoms with Crippen molar-refractivity contribution in [2.75, 3.05) is 5.32 Å². The molecular formula is C14H11F4NO. The Kier molecular flexibility index (Phi) is 3.83. The number of hydrogen-bond donors (Lipinski definition) is 2. The fourth-order valence-electron chi connectivity index (χ4n) is 1.68. The van der Waals surface area contributed by atoms with Crippen LogP contribution in [-0.4, -0.2) is 5.11 Å². The summed E-state index contributed by atoms with van der Waals surface area (Å²) in [6.07, 6.45) is -4.39. The first-order chi connectivity index (χ1) is 9.36. The molecule has 0 radical (unpaired) electrons. The molecule has 0 unspecified atom stereocenters. The summed E-state index contributed by atoms with van der Waals surface area (Å²) in [6.45, 7) is 0.119. The predicted octanol–water partition coefficient (Wildman–Crippen LogP) is 4.16. The second-order valence-electron chi connectivity index (χ2n) is 4.22. The van der Waals surface area contributed by atoms with Crippen molar-refractivity contribution < 1.29 is 22.7 Å². The Balaban J connectivity index is 2.09. The van der Waals surface area contributed by atoms with Crippen LogP contribution in [0.1, 0.15) is 11.1 Å². The maximum absolute atomic E-state index is 13.1. The first-order valence-electron chi connectivity index (χ1n) is 5.75. The summed E-state index contributed by atoms with van der Waals surface area (Å²) in [5, 5.41) is 11.8. The van der Waals surface area contributed by atoms with Crippen molar-refractivity contribution in [1.82, 2.24) is 0 Å². The molecule has 0 aromatic heterocycles. The lowest BCUT2D eigenvalue weighted by molar-refractivity contribution is -0.137. The Morgan fingerprint density at radius 2 is 1.80 bits per heavy atom. The maximum atomic E-state index is 13.1. The van der Waals surface area contributed by atoms with Gasteiger partial charge in [0.1, 0.15) is 0 Å². The quantitative estimate of drug-likeness (QED) is 0.655. The Morgan fingerprint density at radius 3 is 2.45 bits per heavy atom. The standard InChI is InChI=1S/C14H11F4NO/c15-12-7-11(4-5-13(12)20)19-8-9-2-1-3-10(6-9)14(16,17)18/h1-7,19-20H,8H2. The van der Waals surface area contributed by atoms with Crippen LogP contribution in [0.3, 0.4) is 0 Å². The second kappa shape index (κ2) is 5.40. The Hall–Kier alpha value is -2.24. The number of alkyl halides is 3. The van der Waals surface area contributed by atoms with Crippen LogP contribution in [0.4, 0.5) is 23.2 Å². The average molecular weight is 285 g/mol. The third-order valence-electron chi connectivity index (χ3n) is 2.70. The van der Waals surface area contributed by atoms with Crippen molar-refractivity contribution in [2.24, 2.45) is 0 Å². The highest BCUT2D eigenvalue weighted by Gasteiger charge is 2.30. The molecular weight excluding hydrogens is 274 g/mol. The lowest BCUT2D eigenvalue weighted by Crippen LogP contribution is -2.06. The minimum Gasteiger partial charge on any atom is -0.505 e.